The molecule has 0 fully saturated rings. The maximum atomic E-state index is 12.9. The van der Waals surface area contributed by atoms with Crippen molar-refractivity contribution >= 4 is 21.6 Å². The van der Waals surface area contributed by atoms with E-state index in [0.29, 0.717) is 43.4 Å². The third-order valence-corrected chi connectivity index (χ3v) is 5.74. The van der Waals surface area contributed by atoms with E-state index in [4.69, 9.17) is 9.72 Å². The summed E-state index contributed by atoms with van der Waals surface area (Å²) in [5.41, 5.74) is 1.80. The molecule has 0 amide bonds. The van der Waals surface area contributed by atoms with Gasteiger partial charge in [0, 0.05) is 30.1 Å². The molecule has 2 heterocycles. The number of benzene rings is 1. The Morgan fingerprint density at radius 3 is 2.57 bits per heavy atom. The minimum atomic E-state index is -0.590. The quantitative estimate of drug-likeness (QED) is 0.511. The van der Waals surface area contributed by atoms with Gasteiger partial charge < -0.3 is 14.8 Å². The minimum Gasteiger partial charge on any atom is -0.389 e. The zero-order valence-electron chi connectivity index (χ0n) is 18.1. The number of thiophene rings is 1. The first-order valence-electron chi connectivity index (χ1n) is 10.4. The predicted molar refractivity (Wildman–Crippen MR) is 123 cm³/mol. The average Bonchev–Trinajstić information content (AvgIpc) is 3.12. The van der Waals surface area contributed by atoms with Crippen molar-refractivity contribution in [2.24, 2.45) is 5.92 Å². The van der Waals surface area contributed by atoms with Crippen molar-refractivity contribution in [3.63, 3.8) is 0 Å². The van der Waals surface area contributed by atoms with Gasteiger partial charge in [-0.1, -0.05) is 44.2 Å². The fourth-order valence-electron chi connectivity index (χ4n) is 3.31. The Kier molecular flexibility index (Phi) is 7.77. The Morgan fingerprint density at radius 1 is 1.17 bits per heavy atom. The minimum absolute atomic E-state index is 0.125. The number of hydrogen-bond donors (Lipinski definition) is 2. The lowest BCUT2D eigenvalue weighted by atomic mass is 10.1. The van der Waals surface area contributed by atoms with Crippen molar-refractivity contribution in [1.82, 2.24) is 14.9 Å². The maximum Gasteiger partial charge on any atom is 0.260 e. The Hall–Kier alpha value is -2.06. The van der Waals surface area contributed by atoms with Crippen LogP contribution in [0.2, 0.25) is 0 Å². The molecule has 0 aliphatic heterocycles. The van der Waals surface area contributed by atoms with E-state index in [1.54, 1.807) is 0 Å². The number of aliphatic hydroxyl groups is 1. The summed E-state index contributed by atoms with van der Waals surface area (Å²) in [6.07, 6.45) is -0.590. The molecule has 0 unspecified atom stereocenters. The Labute approximate surface area is 181 Å². The molecule has 3 aromatic rings. The zero-order valence-corrected chi connectivity index (χ0v) is 18.9. The molecule has 2 aromatic heterocycles. The van der Waals surface area contributed by atoms with E-state index in [1.807, 2.05) is 35.7 Å². The lowest BCUT2D eigenvalue weighted by molar-refractivity contribution is 0.00129. The van der Waals surface area contributed by atoms with Gasteiger partial charge in [-0.15, -0.1) is 11.3 Å². The summed E-state index contributed by atoms with van der Waals surface area (Å²) in [5.74, 6) is 1.05. The van der Waals surface area contributed by atoms with Crippen LogP contribution < -0.4 is 5.56 Å². The molecule has 7 heteroatoms. The fraction of sp³-hybridized carbons (Fsp3) is 0.478. The molecule has 6 nitrogen and oxygen atoms in total. The summed E-state index contributed by atoms with van der Waals surface area (Å²) in [7, 11) is 0. The topological polar surface area (TPSA) is 78.5 Å². The molecule has 0 aliphatic rings. The van der Waals surface area contributed by atoms with Crippen LogP contribution in [0, 0.1) is 5.92 Å². The number of nitrogens with zero attached hydrogens (tertiary/aromatic N) is 2. The van der Waals surface area contributed by atoms with Crippen molar-refractivity contribution in [1.29, 1.82) is 0 Å². The summed E-state index contributed by atoms with van der Waals surface area (Å²) in [6.45, 7) is 10.1. The van der Waals surface area contributed by atoms with Crippen LogP contribution in [-0.4, -0.2) is 51.9 Å². The smallest absolute Gasteiger partial charge is 0.260 e. The molecular formula is C23H31N3O3S. The highest BCUT2D eigenvalue weighted by atomic mass is 32.1. The van der Waals surface area contributed by atoms with Gasteiger partial charge in [-0.05, 0) is 25.3 Å². The molecule has 0 spiro atoms. The summed E-state index contributed by atoms with van der Waals surface area (Å²) < 4.78 is 5.56. The van der Waals surface area contributed by atoms with Gasteiger partial charge >= 0.3 is 0 Å². The lowest BCUT2D eigenvalue weighted by Gasteiger charge is -2.28. The van der Waals surface area contributed by atoms with Crippen LogP contribution >= 0.6 is 11.3 Å². The first-order valence-corrected chi connectivity index (χ1v) is 11.3. The number of aliphatic hydroxyl groups excluding tert-OH is 1. The molecule has 0 aliphatic carbocycles. The second-order valence-corrected chi connectivity index (χ2v) is 9.17. The van der Waals surface area contributed by atoms with Gasteiger partial charge in [-0.2, -0.15) is 0 Å². The number of aromatic amines is 1. The van der Waals surface area contributed by atoms with Crippen LogP contribution in [0.15, 0.2) is 40.5 Å². The number of nitrogens with one attached hydrogen (secondary N) is 1. The van der Waals surface area contributed by atoms with Crippen LogP contribution in [0.25, 0.3) is 21.3 Å². The first kappa shape index (κ1) is 22.6. The van der Waals surface area contributed by atoms with E-state index in [9.17, 15) is 9.90 Å². The van der Waals surface area contributed by atoms with Gasteiger partial charge in [0.2, 0.25) is 0 Å². The van der Waals surface area contributed by atoms with Crippen LogP contribution in [0.4, 0.5) is 0 Å². The Bertz CT molecular complexity index is 998. The molecule has 0 radical (unpaired) electrons. The maximum absolute atomic E-state index is 12.9. The highest BCUT2D eigenvalue weighted by molar-refractivity contribution is 7.17. The average molecular weight is 430 g/mol. The summed E-state index contributed by atoms with van der Waals surface area (Å²) in [4.78, 5) is 23.3. The van der Waals surface area contributed by atoms with Crippen molar-refractivity contribution in [3.05, 3.63) is 51.9 Å². The third kappa shape index (κ3) is 5.76. The van der Waals surface area contributed by atoms with E-state index in [2.05, 4.69) is 37.6 Å². The van der Waals surface area contributed by atoms with Gasteiger partial charge in [0.25, 0.3) is 5.56 Å². The van der Waals surface area contributed by atoms with Crippen LogP contribution in [0.1, 0.15) is 33.5 Å². The number of aromatic nitrogens is 2. The van der Waals surface area contributed by atoms with Crippen LogP contribution in [-0.2, 0) is 11.3 Å². The van der Waals surface area contributed by atoms with Crippen LogP contribution in [0.5, 0.6) is 0 Å². The van der Waals surface area contributed by atoms with Gasteiger partial charge in [-0.3, -0.25) is 9.69 Å². The summed E-state index contributed by atoms with van der Waals surface area (Å²) in [5, 5.41) is 13.0. The highest BCUT2D eigenvalue weighted by Crippen LogP contribution is 2.30. The van der Waals surface area contributed by atoms with Gasteiger partial charge in [-0.25, -0.2) is 4.98 Å². The monoisotopic (exact) mass is 429 g/mol. The van der Waals surface area contributed by atoms with Crippen molar-refractivity contribution in [3.8, 4) is 11.1 Å². The molecule has 1 atom stereocenters. The molecule has 162 valence electrons. The first-order chi connectivity index (χ1) is 14.3. The second-order valence-electron chi connectivity index (χ2n) is 8.32. The highest BCUT2D eigenvalue weighted by Gasteiger charge is 2.19. The molecule has 2 N–H and O–H groups in total. The standard InChI is InChI=1S/C23H31N3O3S/c1-15(2)12-29-13-18(27)10-26(16(3)4)11-20-24-22(28)21-19(14-30-23(21)25-20)17-8-6-5-7-9-17/h5-9,14-16,18,27H,10-13H2,1-4H3,(H,24,25,28)/t18-/m0/s1. The molecule has 1 aromatic carbocycles. The van der Waals surface area contributed by atoms with E-state index >= 15 is 0 Å². The van der Waals surface area contributed by atoms with E-state index in [1.165, 1.54) is 11.3 Å². The number of hydrogen-bond acceptors (Lipinski definition) is 6. The number of rotatable bonds is 10. The Balaban J connectivity index is 1.76. The molecule has 0 saturated heterocycles. The van der Waals surface area contributed by atoms with Gasteiger partial charge in [0.15, 0.2) is 0 Å². The normalized spacial score (nSPS) is 13.1. The molecule has 3 rings (SSSR count). The molecule has 30 heavy (non-hydrogen) atoms. The third-order valence-electron chi connectivity index (χ3n) is 4.87. The number of H-pyrrole nitrogens is 1. The Morgan fingerprint density at radius 2 is 1.90 bits per heavy atom. The van der Waals surface area contributed by atoms with E-state index < -0.39 is 6.10 Å². The van der Waals surface area contributed by atoms with Crippen molar-refractivity contribution in [2.45, 2.75) is 46.4 Å². The summed E-state index contributed by atoms with van der Waals surface area (Å²) >= 11 is 1.48. The number of fused-ring (bicyclic) bond motifs is 1. The number of ether oxygens (including phenoxy) is 1. The zero-order chi connectivity index (χ0) is 21.7. The van der Waals surface area contributed by atoms with Gasteiger partial charge in [0.1, 0.15) is 10.7 Å². The van der Waals surface area contributed by atoms with Crippen LogP contribution in [0.3, 0.4) is 0 Å². The largest absolute Gasteiger partial charge is 0.389 e. The van der Waals surface area contributed by atoms with Gasteiger partial charge in [0.05, 0.1) is 24.6 Å². The van der Waals surface area contributed by atoms with Crippen molar-refractivity contribution in [2.75, 3.05) is 19.8 Å². The van der Waals surface area contributed by atoms with Crippen molar-refractivity contribution < 1.29 is 9.84 Å². The molecular weight excluding hydrogens is 398 g/mol. The molecule has 0 saturated carbocycles. The fourth-order valence-corrected chi connectivity index (χ4v) is 4.28. The van der Waals surface area contributed by atoms with E-state index in [0.717, 1.165) is 16.0 Å². The SMILES string of the molecule is CC(C)COC[C@@H](O)CN(Cc1nc2scc(-c3ccccc3)c2c(=O)[nH]1)C(C)C. The van der Waals surface area contributed by atoms with E-state index in [-0.39, 0.29) is 11.6 Å². The predicted octanol–water partition coefficient (Wildman–Crippen LogP) is 3.90. The second kappa shape index (κ2) is 10.3. The lowest BCUT2D eigenvalue weighted by Crippen LogP contribution is -2.39. The molecule has 0 bridgehead atoms. The summed E-state index contributed by atoms with van der Waals surface area (Å²) in [6, 6.07) is 10.1.